The van der Waals surface area contributed by atoms with E-state index in [2.05, 4.69) is 26.0 Å². The number of ketones is 1. The molecule has 0 aliphatic rings. The number of benzene rings is 2. The molecule has 0 fully saturated rings. The monoisotopic (exact) mass is 282 g/mol. The number of carbonyl (C=O) groups excluding carboxylic acids is 1. The third kappa shape index (κ3) is 4.19. The molecule has 2 nitrogen and oxygen atoms in total. The van der Waals surface area contributed by atoms with Crippen molar-refractivity contribution in [3.05, 3.63) is 65.2 Å². The topological polar surface area (TPSA) is 26.3 Å². The van der Waals surface area contributed by atoms with E-state index in [9.17, 15) is 4.79 Å². The summed E-state index contributed by atoms with van der Waals surface area (Å²) < 4.78 is 5.58. The highest BCUT2D eigenvalue weighted by atomic mass is 16.5. The molecule has 1 unspecified atom stereocenters. The standard InChI is InChI=1S/C19H22O2/c1-4-15(3)16-8-10-18(11-9-16)21-13-19(20)17-7-5-6-14(2)12-17/h5-12,15H,4,13H2,1-3H3. The van der Waals surface area contributed by atoms with Crippen molar-refractivity contribution in [2.24, 2.45) is 0 Å². The van der Waals surface area contributed by atoms with Gasteiger partial charge in [-0.2, -0.15) is 0 Å². The fourth-order valence-corrected chi connectivity index (χ4v) is 2.18. The summed E-state index contributed by atoms with van der Waals surface area (Å²) in [6, 6.07) is 15.6. The van der Waals surface area contributed by atoms with Gasteiger partial charge in [-0.05, 0) is 43.0 Å². The Hall–Kier alpha value is -2.09. The van der Waals surface area contributed by atoms with Crippen LogP contribution >= 0.6 is 0 Å². The Morgan fingerprint density at radius 3 is 2.48 bits per heavy atom. The van der Waals surface area contributed by atoms with Crippen molar-refractivity contribution in [2.45, 2.75) is 33.1 Å². The first-order valence-corrected chi connectivity index (χ1v) is 7.42. The molecule has 21 heavy (non-hydrogen) atoms. The smallest absolute Gasteiger partial charge is 0.200 e. The highest BCUT2D eigenvalue weighted by Crippen LogP contribution is 2.21. The predicted octanol–water partition coefficient (Wildman–Crippen LogP) is 4.77. The van der Waals surface area contributed by atoms with Gasteiger partial charge in [0.1, 0.15) is 5.75 Å². The molecule has 1 atom stereocenters. The molecule has 0 radical (unpaired) electrons. The lowest BCUT2D eigenvalue weighted by Gasteiger charge is -2.10. The number of carbonyl (C=O) groups is 1. The number of aryl methyl sites for hydroxylation is 1. The van der Waals surface area contributed by atoms with E-state index in [4.69, 9.17) is 4.74 Å². The van der Waals surface area contributed by atoms with Crippen LogP contribution in [0, 0.1) is 6.92 Å². The lowest BCUT2D eigenvalue weighted by Crippen LogP contribution is -2.11. The summed E-state index contributed by atoms with van der Waals surface area (Å²) in [6.45, 7) is 6.43. The molecule has 0 saturated carbocycles. The first kappa shape index (κ1) is 15.3. The van der Waals surface area contributed by atoms with Crippen molar-refractivity contribution < 1.29 is 9.53 Å². The van der Waals surface area contributed by atoms with Gasteiger partial charge >= 0.3 is 0 Å². The van der Waals surface area contributed by atoms with E-state index in [-0.39, 0.29) is 12.4 Å². The summed E-state index contributed by atoms with van der Waals surface area (Å²) in [7, 11) is 0. The van der Waals surface area contributed by atoms with Crippen LogP contribution in [-0.2, 0) is 0 Å². The van der Waals surface area contributed by atoms with Crippen molar-refractivity contribution in [3.63, 3.8) is 0 Å². The van der Waals surface area contributed by atoms with Gasteiger partial charge in [-0.3, -0.25) is 4.79 Å². The average Bonchev–Trinajstić information content (AvgIpc) is 2.52. The van der Waals surface area contributed by atoms with Crippen LogP contribution in [0.15, 0.2) is 48.5 Å². The molecule has 0 aromatic heterocycles. The Balaban J connectivity index is 1.95. The van der Waals surface area contributed by atoms with Crippen LogP contribution in [0.25, 0.3) is 0 Å². The number of rotatable bonds is 6. The third-order valence-corrected chi connectivity index (χ3v) is 3.77. The second-order valence-corrected chi connectivity index (χ2v) is 5.46. The van der Waals surface area contributed by atoms with Crippen LogP contribution in [0.4, 0.5) is 0 Å². The molecule has 110 valence electrons. The molecule has 0 amide bonds. The lowest BCUT2D eigenvalue weighted by molar-refractivity contribution is 0.0921. The van der Waals surface area contributed by atoms with Gasteiger partial charge in [-0.1, -0.05) is 49.7 Å². The molecule has 0 aliphatic heterocycles. The van der Waals surface area contributed by atoms with Gasteiger partial charge in [-0.25, -0.2) is 0 Å². The zero-order chi connectivity index (χ0) is 15.2. The maximum atomic E-state index is 12.1. The SMILES string of the molecule is CCC(C)c1ccc(OCC(=O)c2cccc(C)c2)cc1. The van der Waals surface area contributed by atoms with E-state index in [0.29, 0.717) is 11.5 Å². The van der Waals surface area contributed by atoms with Crippen LogP contribution in [-0.4, -0.2) is 12.4 Å². The fraction of sp³-hybridized carbons (Fsp3) is 0.316. The van der Waals surface area contributed by atoms with Crippen LogP contribution < -0.4 is 4.74 Å². The molecule has 2 aromatic carbocycles. The number of Topliss-reactive ketones (excluding diaryl/α,β-unsaturated/α-hetero) is 1. The summed E-state index contributed by atoms with van der Waals surface area (Å²) in [5, 5.41) is 0. The van der Waals surface area contributed by atoms with Gasteiger partial charge in [0.15, 0.2) is 12.4 Å². The molecule has 0 spiro atoms. The van der Waals surface area contributed by atoms with Crippen molar-refractivity contribution in [1.82, 2.24) is 0 Å². The predicted molar refractivity (Wildman–Crippen MR) is 86.2 cm³/mol. The van der Waals surface area contributed by atoms with Crippen molar-refractivity contribution in [3.8, 4) is 5.75 Å². The molecule has 0 saturated heterocycles. The summed E-state index contributed by atoms with van der Waals surface area (Å²) in [4.78, 5) is 12.1. The molecule has 2 rings (SSSR count). The largest absolute Gasteiger partial charge is 0.485 e. The highest BCUT2D eigenvalue weighted by Gasteiger charge is 2.07. The lowest BCUT2D eigenvalue weighted by atomic mass is 9.99. The number of hydrogen-bond donors (Lipinski definition) is 0. The zero-order valence-corrected chi connectivity index (χ0v) is 12.9. The van der Waals surface area contributed by atoms with Crippen LogP contribution in [0.3, 0.4) is 0 Å². The van der Waals surface area contributed by atoms with E-state index in [1.807, 2.05) is 43.3 Å². The Kier molecular flexibility index (Phi) is 5.15. The second-order valence-electron chi connectivity index (χ2n) is 5.46. The first-order valence-electron chi connectivity index (χ1n) is 7.42. The first-order chi connectivity index (χ1) is 10.1. The van der Waals surface area contributed by atoms with Crippen molar-refractivity contribution in [2.75, 3.05) is 6.61 Å². The van der Waals surface area contributed by atoms with E-state index in [1.165, 1.54) is 5.56 Å². The molecule has 2 heteroatoms. The maximum absolute atomic E-state index is 12.1. The fourth-order valence-electron chi connectivity index (χ4n) is 2.18. The minimum absolute atomic E-state index is 0.00435. The van der Waals surface area contributed by atoms with E-state index < -0.39 is 0 Å². The van der Waals surface area contributed by atoms with E-state index >= 15 is 0 Å². The molecule has 0 bridgehead atoms. The molecule has 0 heterocycles. The zero-order valence-electron chi connectivity index (χ0n) is 12.9. The van der Waals surface area contributed by atoms with E-state index in [0.717, 1.165) is 17.7 Å². The third-order valence-electron chi connectivity index (χ3n) is 3.77. The molecule has 0 aliphatic carbocycles. The van der Waals surface area contributed by atoms with Gasteiger partial charge in [0, 0.05) is 5.56 Å². The van der Waals surface area contributed by atoms with Gasteiger partial charge in [0.2, 0.25) is 0 Å². The number of ether oxygens (including phenoxy) is 1. The molecule has 0 N–H and O–H groups in total. The summed E-state index contributed by atoms with van der Waals surface area (Å²) in [6.07, 6.45) is 1.12. The van der Waals surface area contributed by atoms with Crippen molar-refractivity contribution >= 4 is 5.78 Å². The Bertz CT molecular complexity index is 599. The molecular formula is C19H22O2. The van der Waals surface area contributed by atoms with Gasteiger partial charge in [0.25, 0.3) is 0 Å². The highest BCUT2D eigenvalue weighted by molar-refractivity contribution is 5.97. The second kappa shape index (κ2) is 7.07. The molecular weight excluding hydrogens is 260 g/mol. The van der Waals surface area contributed by atoms with E-state index in [1.54, 1.807) is 0 Å². The minimum Gasteiger partial charge on any atom is -0.485 e. The average molecular weight is 282 g/mol. The quantitative estimate of drug-likeness (QED) is 0.713. The Morgan fingerprint density at radius 2 is 1.86 bits per heavy atom. The van der Waals surface area contributed by atoms with Crippen molar-refractivity contribution in [1.29, 1.82) is 0 Å². The van der Waals surface area contributed by atoms with Gasteiger partial charge < -0.3 is 4.74 Å². The summed E-state index contributed by atoms with van der Waals surface area (Å²) in [5.41, 5.74) is 3.08. The van der Waals surface area contributed by atoms with Crippen LogP contribution in [0.2, 0.25) is 0 Å². The van der Waals surface area contributed by atoms with Gasteiger partial charge in [0.05, 0.1) is 0 Å². The minimum atomic E-state index is 0.00435. The summed E-state index contributed by atoms with van der Waals surface area (Å²) in [5.74, 6) is 1.29. The van der Waals surface area contributed by atoms with Crippen LogP contribution in [0.5, 0.6) is 5.75 Å². The normalized spacial score (nSPS) is 12.0. The molecule has 2 aromatic rings. The summed E-state index contributed by atoms with van der Waals surface area (Å²) >= 11 is 0. The van der Waals surface area contributed by atoms with Gasteiger partial charge in [-0.15, -0.1) is 0 Å². The maximum Gasteiger partial charge on any atom is 0.200 e. The Morgan fingerprint density at radius 1 is 1.14 bits per heavy atom. The van der Waals surface area contributed by atoms with Crippen LogP contribution in [0.1, 0.15) is 47.7 Å². The Labute approximate surface area is 126 Å². The number of hydrogen-bond acceptors (Lipinski definition) is 2.